The van der Waals surface area contributed by atoms with Gasteiger partial charge >= 0.3 is 6.18 Å². The zero-order valence-electron chi connectivity index (χ0n) is 9.24. The van der Waals surface area contributed by atoms with Crippen molar-refractivity contribution in [3.05, 3.63) is 29.3 Å². The maximum atomic E-state index is 12.6. The van der Waals surface area contributed by atoms with E-state index in [4.69, 9.17) is 0 Å². The third kappa shape index (κ3) is 4.20. The lowest BCUT2D eigenvalue weighted by Crippen LogP contribution is -2.22. The predicted octanol–water partition coefficient (Wildman–Crippen LogP) is 4.05. The second-order valence-electron chi connectivity index (χ2n) is 3.86. The van der Waals surface area contributed by atoms with Gasteiger partial charge in [0.2, 0.25) is 0 Å². The Balaban J connectivity index is 2.99. The largest absolute Gasteiger partial charge is 0.487 e. The molecule has 0 N–H and O–H groups in total. The summed E-state index contributed by atoms with van der Waals surface area (Å²) in [6.45, 7) is 0.973. The highest BCUT2D eigenvalue weighted by atomic mass is 19.4. The minimum atomic E-state index is -4.62. The normalized spacial score (nSPS) is 12.6. The van der Waals surface area contributed by atoms with Gasteiger partial charge in [-0.05, 0) is 19.1 Å². The van der Waals surface area contributed by atoms with E-state index in [9.17, 15) is 22.0 Å². The number of aryl methyl sites for hydroxylation is 1. The van der Waals surface area contributed by atoms with Crippen LogP contribution in [0.25, 0.3) is 0 Å². The molecule has 0 saturated carbocycles. The molecule has 96 valence electrons. The summed E-state index contributed by atoms with van der Waals surface area (Å²) in [5.74, 6) is -3.75. The van der Waals surface area contributed by atoms with Crippen molar-refractivity contribution in [2.45, 2.75) is 25.9 Å². The van der Waals surface area contributed by atoms with Crippen LogP contribution in [0.15, 0.2) is 18.2 Å². The molecule has 0 amide bonds. The molecule has 1 nitrogen and oxygen atoms in total. The molecule has 6 heteroatoms. The lowest BCUT2D eigenvalue weighted by molar-refractivity contribution is -0.139. The number of rotatable bonds is 3. The first-order valence-electron chi connectivity index (χ1n) is 4.78. The minimum Gasteiger partial charge on any atom is -0.487 e. The van der Waals surface area contributed by atoms with Crippen molar-refractivity contribution in [3.8, 4) is 5.75 Å². The van der Waals surface area contributed by atoms with E-state index < -0.39 is 30.0 Å². The molecule has 0 aliphatic carbocycles. The Morgan fingerprint density at radius 1 is 1.12 bits per heavy atom. The van der Waals surface area contributed by atoms with E-state index in [1.54, 1.807) is 0 Å². The molecule has 1 aromatic carbocycles. The third-order valence-corrected chi connectivity index (χ3v) is 1.92. The number of alkyl halides is 5. The SMILES string of the molecule is Cc1ccc(OCC(C)(F)F)c(C(F)(F)F)c1. The van der Waals surface area contributed by atoms with Crippen molar-refractivity contribution < 1.29 is 26.7 Å². The molecule has 0 heterocycles. The van der Waals surface area contributed by atoms with Crippen LogP contribution in [-0.2, 0) is 6.18 Å². The van der Waals surface area contributed by atoms with Crippen LogP contribution in [0.2, 0.25) is 0 Å². The van der Waals surface area contributed by atoms with Crippen LogP contribution in [0, 0.1) is 6.92 Å². The van der Waals surface area contributed by atoms with Crippen molar-refractivity contribution in [2.75, 3.05) is 6.61 Å². The van der Waals surface area contributed by atoms with Crippen molar-refractivity contribution in [3.63, 3.8) is 0 Å². The summed E-state index contributed by atoms with van der Waals surface area (Å²) in [5.41, 5.74) is -0.658. The number of hydrogen-bond donors (Lipinski definition) is 0. The molecule has 0 aliphatic rings. The van der Waals surface area contributed by atoms with Crippen LogP contribution in [0.3, 0.4) is 0 Å². The van der Waals surface area contributed by atoms with Crippen LogP contribution in [-0.4, -0.2) is 12.5 Å². The second-order valence-corrected chi connectivity index (χ2v) is 3.86. The van der Waals surface area contributed by atoms with Gasteiger partial charge in [-0.2, -0.15) is 13.2 Å². The lowest BCUT2D eigenvalue weighted by Gasteiger charge is -2.17. The van der Waals surface area contributed by atoms with Gasteiger partial charge in [-0.1, -0.05) is 11.6 Å². The van der Waals surface area contributed by atoms with E-state index in [1.165, 1.54) is 13.0 Å². The summed E-state index contributed by atoms with van der Waals surface area (Å²) in [4.78, 5) is 0. The van der Waals surface area contributed by atoms with Gasteiger partial charge in [0.25, 0.3) is 5.92 Å². The minimum absolute atomic E-state index is 0.382. The molecule has 0 unspecified atom stereocenters. The summed E-state index contributed by atoms with van der Waals surface area (Å²) >= 11 is 0. The maximum absolute atomic E-state index is 12.6. The van der Waals surface area contributed by atoms with Crippen LogP contribution in [0.4, 0.5) is 22.0 Å². The molecule has 0 atom stereocenters. The van der Waals surface area contributed by atoms with Crippen molar-refractivity contribution in [2.24, 2.45) is 0 Å². The Hall–Kier alpha value is -1.33. The number of hydrogen-bond acceptors (Lipinski definition) is 1. The fourth-order valence-corrected chi connectivity index (χ4v) is 1.20. The number of benzene rings is 1. The number of halogens is 5. The fourth-order valence-electron chi connectivity index (χ4n) is 1.20. The van der Waals surface area contributed by atoms with E-state index >= 15 is 0 Å². The maximum Gasteiger partial charge on any atom is 0.419 e. The molecule has 1 aromatic rings. The smallest absolute Gasteiger partial charge is 0.419 e. The monoisotopic (exact) mass is 254 g/mol. The molecule has 0 bridgehead atoms. The Morgan fingerprint density at radius 3 is 2.18 bits per heavy atom. The highest BCUT2D eigenvalue weighted by Crippen LogP contribution is 2.37. The quantitative estimate of drug-likeness (QED) is 0.739. The highest BCUT2D eigenvalue weighted by molar-refractivity contribution is 5.38. The average molecular weight is 254 g/mol. The molecule has 0 fully saturated rings. The van der Waals surface area contributed by atoms with Gasteiger partial charge in [0.15, 0.2) is 6.61 Å². The van der Waals surface area contributed by atoms with Crippen LogP contribution < -0.4 is 4.74 Å². The summed E-state index contributed by atoms with van der Waals surface area (Å²) in [5, 5.41) is 0. The Kier molecular flexibility index (Phi) is 3.64. The van der Waals surface area contributed by atoms with Crippen molar-refractivity contribution in [1.29, 1.82) is 0 Å². The van der Waals surface area contributed by atoms with E-state index in [1.807, 2.05) is 0 Å². The van der Waals surface area contributed by atoms with E-state index in [-0.39, 0.29) is 0 Å². The van der Waals surface area contributed by atoms with Gasteiger partial charge in [-0.3, -0.25) is 0 Å². The Labute approximate surface area is 95.2 Å². The van der Waals surface area contributed by atoms with Crippen molar-refractivity contribution >= 4 is 0 Å². The zero-order chi connectivity index (χ0) is 13.3. The first-order valence-corrected chi connectivity index (χ1v) is 4.78. The molecule has 0 radical (unpaired) electrons. The number of ether oxygens (including phenoxy) is 1. The molecular formula is C11H11F5O. The van der Waals surface area contributed by atoms with Gasteiger partial charge in [0.05, 0.1) is 5.56 Å². The lowest BCUT2D eigenvalue weighted by atomic mass is 10.1. The average Bonchev–Trinajstić information content (AvgIpc) is 2.13. The summed E-state index contributed by atoms with van der Waals surface area (Å²) in [6, 6.07) is 3.28. The molecule has 0 aliphatic heterocycles. The first kappa shape index (κ1) is 13.7. The van der Waals surface area contributed by atoms with Gasteiger partial charge in [0, 0.05) is 6.92 Å². The van der Waals surface area contributed by atoms with Crippen LogP contribution in [0.1, 0.15) is 18.1 Å². The topological polar surface area (TPSA) is 9.23 Å². The third-order valence-electron chi connectivity index (χ3n) is 1.92. The summed E-state index contributed by atoms with van der Waals surface area (Å²) in [7, 11) is 0. The van der Waals surface area contributed by atoms with Gasteiger partial charge < -0.3 is 4.74 Å². The molecule has 1 rings (SSSR count). The van der Waals surface area contributed by atoms with E-state index in [0.717, 1.165) is 12.1 Å². The molecule has 17 heavy (non-hydrogen) atoms. The summed E-state index contributed by atoms with van der Waals surface area (Å²) in [6.07, 6.45) is -4.62. The van der Waals surface area contributed by atoms with Gasteiger partial charge in [-0.15, -0.1) is 0 Å². The summed E-state index contributed by atoms with van der Waals surface area (Å²) < 4.78 is 67.3. The van der Waals surface area contributed by atoms with Gasteiger partial charge in [0.1, 0.15) is 5.75 Å². The standard InChI is InChI=1S/C11H11F5O/c1-7-3-4-9(17-6-10(2,12)13)8(5-7)11(14,15)16/h3-5H,6H2,1-2H3. The second kappa shape index (κ2) is 4.50. The highest BCUT2D eigenvalue weighted by Gasteiger charge is 2.35. The predicted molar refractivity (Wildman–Crippen MR) is 52.3 cm³/mol. The van der Waals surface area contributed by atoms with Crippen molar-refractivity contribution in [1.82, 2.24) is 0 Å². The molecule has 0 saturated heterocycles. The first-order chi connectivity index (χ1) is 7.59. The van der Waals surface area contributed by atoms with E-state index in [0.29, 0.717) is 12.5 Å². The zero-order valence-corrected chi connectivity index (χ0v) is 9.24. The van der Waals surface area contributed by atoms with Gasteiger partial charge in [-0.25, -0.2) is 8.78 Å². The van der Waals surface area contributed by atoms with Crippen LogP contribution in [0.5, 0.6) is 5.75 Å². The molecular weight excluding hydrogens is 243 g/mol. The molecule has 0 aromatic heterocycles. The van der Waals surface area contributed by atoms with E-state index in [2.05, 4.69) is 4.74 Å². The Morgan fingerprint density at radius 2 is 1.71 bits per heavy atom. The molecule has 0 spiro atoms. The van der Waals surface area contributed by atoms with Crippen LogP contribution >= 0.6 is 0 Å². The Bertz CT molecular complexity index is 392. The fraction of sp³-hybridized carbons (Fsp3) is 0.455.